The summed E-state index contributed by atoms with van der Waals surface area (Å²) in [6.07, 6.45) is 0. The third-order valence-corrected chi connectivity index (χ3v) is 3.90. The molecule has 0 radical (unpaired) electrons. The predicted molar refractivity (Wildman–Crippen MR) is 78.8 cm³/mol. The third kappa shape index (κ3) is 8.67. The van der Waals surface area contributed by atoms with Crippen LogP contribution in [0.2, 0.25) is 0 Å². The molecule has 0 N–H and O–H groups in total. The van der Waals surface area contributed by atoms with Crippen LogP contribution in [0.25, 0.3) is 0 Å². The number of carbonyl (C=O) groups is 1. The molecule has 0 heterocycles. The summed E-state index contributed by atoms with van der Waals surface area (Å²) in [7, 11) is 0. The molecule has 0 saturated heterocycles. The predicted octanol–water partition coefficient (Wildman–Crippen LogP) is 3.45. The number of Topliss-reactive ketones (excluding diaryl/α,β-unsaturated/α-hetero) is 1. The fourth-order valence-electron chi connectivity index (χ4n) is 1.37. The highest BCUT2D eigenvalue weighted by Crippen LogP contribution is 2.23. The molecule has 0 aliphatic rings. The number of carbonyl (C=O) groups excluding carboxylic acids is 1. The Morgan fingerprint density at radius 1 is 1.18 bits per heavy atom. The number of nitrogens with zero attached hydrogens (tertiary/aromatic N) is 1. The third-order valence-electron chi connectivity index (χ3n) is 2.65. The maximum absolute atomic E-state index is 11.8. The molecule has 0 amide bonds. The topological polar surface area (TPSA) is 20.3 Å². The van der Waals surface area contributed by atoms with E-state index in [9.17, 15) is 4.79 Å². The number of ketones is 1. The van der Waals surface area contributed by atoms with E-state index < -0.39 is 0 Å². The average molecular weight is 259 g/mol. The Bertz CT molecular complexity index is 231. The summed E-state index contributed by atoms with van der Waals surface area (Å²) < 4.78 is 0.310. The van der Waals surface area contributed by atoms with Crippen molar-refractivity contribution in [1.82, 2.24) is 4.90 Å². The van der Waals surface area contributed by atoms with Gasteiger partial charge in [-0.3, -0.25) is 9.69 Å². The molecule has 0 aromatic rings. The van der Waals surface area contributed by atoms with Crippen molar-refractivity contribution >= 4 is 17.5 Å². The molecule has 0 aliphatic heterocycles. The molecule has 17 heavy (non-hydrogen) atoms. The summed E-state index contributed by atoms with van der Waals surface area (Å²) >= 11 is 1.96. The van der Waals surface area contributed by atoms with Crippen molar-refractivity contribution < 1.29 is 4.79 Å². The molecule has 0 aliphatic carbocycles. The Morgan fingerprint density at radius 3 is 2.06 bits per heavy atom. The van der Waals surface area contributed by atoms with Crippen LogP contribution in [0.3, 0.4) is 0 Å². The number of thioether (sulfide) groups is 1. The molecule has 0 aromatic carbocycles. The monoisotopic (exact) mass is 259 g/mol. The Balaban J connectivity index is 4.13. The lowest BCUT2D eigenvalue weighted by atomic mass is 10.1. The Labute approximate surface area is 112 Å². The van der Waals surface area contributed by atoms with Crippen molar-refractivity contribution in [2.75, 3.05) is 18.8 Å². The highest BCUT2D eigenvalue weighted by molar-refractivity contribution is 8.00. The van der Waals surface area contributed by atoms with Gasteiger partial charge in [-0.25, -0.2) is 0 Å². The summed E-state index contributed by atoms with van der Waals surface area (Å²) in [5.74, 6) is 1.58. The first kappa shape index (κ1) is 17.0. The van der Waals surface area contributed by atoms with Gasteiger partial charge in [0.2, 0.25) is 0 Å². The zero-order valence-electron chi connectivity index (χ0n) is 12.5. The summed E-state index contributed by atoms with van der Waals surface area (Å²) in [5.41, 5.74) is 0. The van der Waals surface area contributed by atoms with E-state index >= 15 is 0 Å². The van der Waals surface area contributed by atoms with Gasteiger partial charge in [-0.1, -0.05) is 34.6 Å². The van der Waals surface area contributed by atoms with Crippen LogP contribution in [0.1, 0.15) is 48.5 Å². The Morgan fingerprint density at radius 2 is 1.71 bits per heavy atom. The molecule has 0 aromatic heterocycles. The molecule has 0 saturated carbocycles. The fourth-order valence-corrected chi connectivity index (χ4v) is 2.31. The van der Waals surface area contributed by atoms with E-state index in [0.29, 0.717) is 23.1 Å². The first-order valence-electron chi connectivity index (χ1n) is 6.54. The van der Waals surface area contributed by atoms with E-state index in [-0.39, 0.29) is 5.92 Å². The lowest BCUT2D eigenvalue weighted by molar-refractivity contribution is -0.123. The van der Waals surface area contributed by atoms with Gasteiger partial charge in [-0.05, 0) is 13.8 Å². The summed E-state index contributed by atoms with van der Waals surface area (Å²) in [6, 6.07) is 0.443. The van der Waals surface area contributed by atoms with Crippen molar-refractivity contribution in [3.63, 3.8) is 0 Å². The highest BCUT2D eigenvalue weighted by atomic mass is 32.2. The van der Waals surface area contributed by atoms with Gasteiger partial charge in [0, 0.05) is 29.0 Å². The highest BCUT2D eigenvalue weighted by Gasteiger charge is 2.17. The smallest absolute Gasteiger partial charge is 0.149 e. The van der Waals surface area contributed by atoms with Gasteiger partial charge in [0.05, 0.1) is 6.54 Å². The second-order valence-corrected chi connectivity index (χ2v) is 8.07. The van der Waals surface area contributed by atoms with Crippen LogP contribution in [-0.4, -0.2) is 40.3 Å². The molecule has 0 bridgehead atoms. The molecule has 2 nitrogen and oxygen atoms in total. The average Bonchev–Trinajstić information content (AvgIpc) is 2.13. The molecule has 0 atom stereocenters. The van der Waals surface area contributed by atoms with Gasteiger partial charge in [-0.2, -0.15) is 11.8 Å². The Hall–Kier alpha value is -0.0200. The van der Waals surface area contributed by atoms with Crippen LogP contribution in [0, 0.1) is 5.92 Å². The van der Waals surface area contributed by atoms with Crippen LogP contribution < -0.4 is 0 Å². The van der Waals surface area contributed by atoms with Crippen LogP contribution in [0.15, 0.2) is 0 Å². The van der Waals surface area contributed by atoms with E-state index in [1.54, 1.807) is 0 Å². The molecule has 0 rings (SSSR count). The van der Waals surface area contributed by atoms with E-state index in [1.165, 1.54) is 0 Å². The zero-order valence-corrected chi connectivity index (χ0v) is 13.4. The first-order valence-corrected chi connectivity index (χ1v) is 7.52. The van der Waals surface area contributed by atoms with Crippen LogP contribution in [0.5, 0.6) is 0 Å². The molecule has 102 valence electrons. The minimum absolute atomic E-state index is 0.145. The lowest BCUT2D eigenvalue weighted by Crippen LogP contribution is -2.39. The minimum Gasteiger partial charge on any atom is -0.298 e. The van der Waals surface area contributed by atoms with Crippen molar-refractivity contribution in [3.05, 3.63) is 0 Å². The van der Waals surface area contributed by atoms with Crippen LogP contribution in [0.4, 0.5) is 0 Å². The largest absolute Gasteiger partial charge is 0.298 e. The SMILES string of the molecule is CC(C)C(=O)CN(CCSC(C)(C)C)C(C)C. The fraction of sp³-hybridized carbons (Fsp3) is 0.929. The molecule has 0 spiro atoms. The summed E-state index contributed by atoms with van der Waals surface area (Å²) in [4.78, 5) is 14.0. The van der Waals surface area contributed by atoms with Gasteiger partial charge in [-0.15, -0.1) is 0 Å². The molecule has 0 unspecified atom stereocenters. The molecular weight excluding hydrogens is 230 g/mol. The van der Waals surface area contributed by atoms with Crippen molar-refractivity contribution in [2.24, 2.45) is 5.92 Å². The maximum Gasteiger partial charge on any atom is 0.149 e. The maximum atomic E-state index is 11.8. The van der Waals surface area contributed by atoms with Gasteiger partial charge in [0.1, 0.15) is 5.78 Å². The van der Waals surface area contributed by atoms with Crippen LogP contribution in [-0.2, 0) is 4.79 Å². The van der Waals surface area contributed by atoms with Gasteiger partial charge >= 0.3 is 0 Å². The molecule has 3 heteroatoms. The molecular formula is C14H29NOS. The summed E-state index contributed by atoms with van der Waals surface area (Å²) in [6.45, 7) is 16.6. The second-order valence-electron chi connectivity index (χ2n) is 6.15. The van der Waals surface area contributed by atoms with Gasteiger partial charge < -0.3 is 0 Å². The van der Waals surface area contributed by atoms with Crippen molar-refractivity contribution in [3.8, 4) is 0 Å². The number of hydrogen-bond donors (Lipinski definition) is 0. The quantitative estimate of drug-likeness (QED) is 0.698. The molecule has 0 fully saturated rings. The van der Waals surface area contributed by atoms with E-state index in [4.69, 9.17) is 0 Å². The van der Waals surface area contributed by atoms with Gasteiger partial charge in [0.25, 0.3) is 0 Å². The lowest BCUT2D eigenvalue weighted by Gasteiger charge is -2.27. The summed E-state index contributed by atoms with van der Waals surface area (Å²) in [5, 5.41) is 0. The number of rotatable bonds is 7. The minimum atomic E-state index is 0.145. The van der Waals surface area contributed by atoms with E-state index in [1.807, 2.05) is 25.6 Å². The second kappa shape index (κ2) is 7.42. The van der Waals surface area contributed by atoms with Crippen LogP contribution >= 0.6 is 11.8 Å². The van der Waals surface area contributed by atoms with Crippen molar-refractivity contribution in [1.29, 1.82) is 0 Å². The first-order chi connectivity index (χ1) is 7.63. The normalized spacial score (nSPS) is 12.8. The van der Waals surface area contributed by atoms with Crippen molar-refractivity contribution in [2.45, 2.75) is 59.3 Å². The van der Waals surface area contributed by atoms with E-state index in [0.717, 1.165) is 12.3 Å². The van der Waals surface area contributed by atoms with E-state index in [2.05, 4.69) is 39.5 Å². The number of hydrogen-bond acceptors (Lipinski definition) is 3. The zero-order chi connectivity index (χ0) is 13.6. The standard InChI is InChI=1S/C14H29NOS/c1-11(2)13(16)10-15(12(3)4)8-9-17-14(5,6)7/h11-12H,8-10H2,1-7H3. The van der Waals surface area contributed by atoms with Gasteiger partial charge in [0.15, 0.2) is 0 Å². The Kier molecular flexibility index (Phi) is 7.41.